The van der Waals surface area contributed by atoms with Crippen molar-refractivity contribution in [3.05, 3.63) is 0 Å². The molecule has 0 heterocycles. The van der Waals surface area contributed by atoms with Crippen molar-refractivity contribution in [1.82, 2.24) is 4.72 Å². The summed E-state index contributed by atoms with van der Waals surface area (Å²) in [4.78, 5) is 12.0. The summed E-state index contributed by atoms with van der Waals surface area (Å²) in [5.41, 5.74) is -0.698. The van der Waals surface area contributed by atoms with Crippen LogP contribution in [-0.2, 0) is 19.6 Å². The molecule has 2 atom stereocenters. The number of carbonyl (C=O) groups excluding carboxylic acids is 1. The number of carbonyl (C=O) groups is 1. The van der Waals surface area contributed by atoms with Gasteiger partial charge in [0.25, 0.3) is 0 Å². The summed E-state index contributed by atoms with van der Waals surface area (Å²) >= 11 is 0. The van der Waals surface area contributed by atoms with Gasteiger partial charge in [0.2, 0.25) is 10.0 Å². The zero-order valence-corrected chi connectivity index (χ0v) is 13.0. The van der Waals surface area contributed by atoms with Crippen molar-refractivity contribution in [2.24, 2.45) is 5.92 Å². The average Bonchev–Trinajstić information content (AvgIpc) is 2.21. The van der Waals surface area contributed by atoms with Crippen molar-refractivity contribution in [3.63, 3.8) is 0 Å². The van der Waals surface area contributed by atoms with Crippen LogP contribution in [0.1, 0.15) is 41.5 Å². The predicted molar refractivity (Wildman–Crippen MR) is 71.6 cm³/mol. The molecule has 0 saturated carbocycles. The molecule has 0 radical (unpaired) electrons. The van der Waals surface area contributed by atoms with Gasteiger partial charge < -0.3 is 4.74 Å². The minimum atomic E-state index is -3.87. The second-order valence-corrected chi connectivity index (χ2v) is 7.72. The first-order chi connectivity index (χ1) is 8.40. The van der Waals surface area contributed by atoms with E-state index in [0.717, 1.165) is 0 Å². The van der Waals surface area contributed by atoms with Gasteiger partial charge in [0.15, 0.2) is 5.25 Å². The van der Waals surface area contributed by atoms with Crippen LogP contribution >= 0.6 is 0 Å². The van der Waals surface area contributed by atoms with E-state index in [0.29, 0.717) is 0 Å². The molecule has 0 fully saturated rings. The molecule has 6 nitrogen and oxygen atoms in total. The Morgan fingerprint density at radius 1 is 1.26 bits per heavy atom. The van der Waals surface area contributed by atoms with Crippen LogP contribution in [0.25, 0.3) is 0 Å². The fourth-order valence-electron chi connectivity index (χ4n) is 1.17. The van der Waals surface area contributed by atoms with E-state index in [2.05, 4.69) is 4.72 Å². The maximum absolute atomic E-state index is 12.0. The van der Waals surface area contributed by atoms with E-state index in [1.807, 2.05) is 0 Å². The number of nitrogens with zero attached hydrogens (tertiary/aromatic N) is 1. The maximum Gasteiger partial charge on any atom is 0.324 e. The summed E-state index contributed by atoms with van der Waals surface area (Å²) in [5.74, 6) is -0.924. The molecule has 0 spiro atoms. The predicted octanol–water partition coefficient (Wildman–Crippen LogP) is 1.18. The van der Waals surface area contributed by atoms with Crippen molar-refractivity contribution in [3.8, 4) is 6.07 Å². The van der Waals surface area contributed by atoms with Crippen molar-refractivity contribution in [2.75, 3.05) is 0 Å². The van der Waals surface area contributed by atoms with Crippen LogP contribution < -0.4 is 4.72 Å². The zero-order chi connectivity index (χ0) is 15.4. The van der Waals surface area contributed by atoms with E-state index >= 15 is 0 Å². The molecule has 0 rings (SSSR count). The highest BCUT2D eigenvalue weighted by atomic mass is 32.2. The van der Waals surface area contributed by atoms with Gasteiger partial charge in [-0.3, -0.25) is 4.79 Å². The summed E-state index contributed by atoms with van der Waals surface area (Å²) in [7, 11) is -3.87. The number of nitrogens with one attached hydrogen (secondary N) is 1. The van der Waals surface area contributed by atoms with Crippen LogP contribution in [0.5, 0.6) is 0 Å². The second kappa shape index (κ2) is 6.35. The molecule has 0 amide bonds. The van der Waals surface area contributed by atoms with Gasteiger partial charge in [-0.1, -0.05) is 13.8 Å². The first kappa shape index (κ1) is 17.9. The number of hydrogen-bond acceptors (Lipinski definition) is 5. The van der Waals surface area contributed by atoms with Crippen LogP contribution in [0.15, 0.2) is 0 Å². The van der Waals surface area contributed by atoms with Gasteiger partial charge in [-0.15, -0.1) is 0 Å². The average molecular weight is 290 g/mol. The molecule has 0 aliphatic heterocycles. The Morgan fingerprint density at radius 2 is 1.74 bits per heavy atom. The minimum absolute atomic E-state index is 0.282. The Bertz CT molecular complexity index is 457. The number of rotatable bonds is 5. The third-order valence-corrected chi connectivity index (χ3v) is 3.88. The lowest BCUT2D eigenvalue weighted by Crippen LogP contribution is -2.49. The van der Waals surface area contributed by atoms with Gasteiger partial charge in [0, 0.05) is 0 Å². The van der Waals surface area contributed by atoms with Gasteiger partial charge >= 0.3 is 5.97 Å². The molecule has 0 saturated heterocycles. The van der Waals surface area contributed by atoms with E-state index in [1.54, 1.807) is 40.7 Å². The summed E-state index contributed by atoms with van der Waals surface area (Å²) in [5, 5.41) is 7.44. The van der Waals surface area contributed by atoms with Gasteiger partial charge in [0.1, 0.15) is 11.6 Å². The SMILES string of the molecule is CC(C)[C@@H](NS(=O)(=O)C(C)C#N)C(=O)OC(C)(C)C. The highest BCUT2D eigenvalue weighted by Gasteiger charge is 2.33. The van der Waals surface area contributed by atoms with Crippen molar-refractivity contribution in [1.29, 1.82) is 5.26 Å². The third-order valence-electron chi connectivity index (χ3n) is 2.27. The summed E-state index contributed by atoms with van der Waals surface area (Å²) in [6.07, 6.45) is 0. The van der Waals surface area contributed by atoms with Gasteiger partial charge in [-0.25, -0.2) is 8.42 Å². The van der Waals surface area contributed by atoms with Crippen molar-refractivity contribution in [2.45, 2.75) is 58.4 Å². The summed E-state index contributed by atoms with van der Waals surface area (Å²) in [6.45, 7) is 9.77. The lowest BCUT2D eigenvalue weighted by Gasteiger charge is -2.26. The molecule has 0 aromatic heterocycles. The minimum Gasteiger partial charge on any atom is -0.459 e. The normalized spacial score (nSPS) is 15.7. The molecule has 0 bridgehead atoms. The topological polar surface area (TPSA) is 96.3 Å². The van der Waals surface area contributed by atoms with Gasteiger partial charge in [-0.05, 0) is 33.6 Å². The number of hydrogen-bond donors (Lipinski definition) is 1. The van der Waals surface area contributed by atoms with E-state index in [1.165, 1.54) is 6.92 Å². The Hall–Kier alpha value is -1.13. The fraction of sp³-hybridized carbons (Fsp3) is 0.833. The number of nitriles is 1. The lowest BCUT2D eigenvalue weighted by atomic mass is 10.1. The molecular weight excluding hydrogens is 268 g/mol. The van der Waals surface area contributed by atoms with Crippen LogP contribution in [0.2, 0.25) is 0 Å². The molecule has 0 aromatic rings. The largest absolute Gasteiger partial charge is 0.459 e. The summed E-state index contributed by atoms with van der Waals surface area (Å²) < 4.78 is 31.0. The smallest absolute Gasteiger partial charge is 0.324 e. The fourth-order valence-corrected chi connectivity index (χ4v) is 2.24. The van der Waals surface area contributed by atoms with E-state index in [4.69, 9.17) is 10.00 Å². The maximum atomic E-state index is 12.0. The Morgan fingerprint density at radius 3 is 2.05 bits per heavy atom. The standard InChI is InChI=1S/C12H22N2O4S/c1-8(2)10(11(15)18-12(4,5)6)14-19(16,17)9(3)7-13/h8-10,14H,1-6H3/t9?,10-/m1/s1. The first-order valence-corrected chi connectivity index (χ1v) is 7.59. The van der Waals surface area contributed by atoms with Crippen molar-refractivity contribution >= 4 is 16.0 Å². The molecule has 0 aliphatic carbocycles. The molecule has 1 unspecified atom stereocenters. The molecule has 1 N–H and O–H groups in total. The summed E-state index contributed by atoms with van der Waals surface area (Å²) in [6, 6.07) is 0.634. The zero-order valence-electron chi connectivity index (χ0n) is 12.2. The Balaban J connectivity index is 5.08. The highest BCUT2D eigenvalue weighted by Crippen LogP contribution is 2.14. The van der Waals surface area contributed by atoms with E-state index in [-0.39, 0.29) is 5.92 Å². The van der Waals surface area contributed by atoms with Gasteiger partial charge in [0.05, 0.1) is 6.07 Å². The third kappa shape index (κ3) is 6.03. The lowest BCUT2D eigenvalue weighted by molar-refractivity contribution is -0.158. The quantitative estimate of drug-likeness (QED) is 0.767. The Labute approximate surface area is 115 Å². The van der Waals surface area contributed by atoms with Gasteiger partial charge in [-0.2, -0.15) is 9.98 Å². The first-order valence-electron chi connectivity index (χ1n) is 6.04. The number of esters is 1. The monoisotopic (exact) mass is 290 g/mol. The van der Waals surface area contributed by atoms with Crippen LogP contribution in [0, 0.1) is 17.2 Å². The van der Waals surface area contributed by atoms with Crippen molar-refractivity contribution < 1.29 is 17.9 Å². The van der Waals surface area contributed by atoms with Crippen LogP contribution in [0.3, 0.4) is 0 Å². The molecule has 7 heteroatoms. The molecular formula is C12H22N2O4S. The molecule has 0 aromatic carbocycles. The highest BCUT2D eigenvalue weighted by molar-refractivity contribution is 7.90. The molecule has 110 valence electrons. The van der Waals surface area contributed by atoms with E-state index < -0.39 is 32.9 Å². The number of sulfonamides is 1. The molecule has 0 aliphatic rings. The van der Waals surface area contributed by atoms with E-state index in [9.17, 15) is 13.2 Å². The van der Waals surface area contributed by atoms with Crippen LogP contribution in [-0.4, -0.2) is 31.3 Å². The second-order valence-electron chi connectivity index (χ2n) is 5.69. The number of ether oxygens (including phenoxy) is 1. The Kier molecular flexibility index (Phi) is 5.97. The van der Waals surface area contributed by atoms with Crippen LogP contribution in [0.4, 0.5) is 0 Å². The molecule has 19 heavy (non-hydrogen) atoms.